The molecule has 5 unspecified atom stereocenters. The number of unbranched alkanes of at least 4 members (excludes halogenated alkanes) is 1. The second kappa shape index (κ2) is 9.32. The Balaban J connectivity index is 1.18. The van der Waals surface area contributed by atoms with Crippen LogP contribution in [0.4, 0.5) is 5.69 Å². The van der Waals surface area contributed by atoms with Gasteiger partial charge < -0.3 is 4.90 Å². The Morgan fingerprint density at radius 2 is 0.905 bits per heavy atom. The summed E-state index contributed by atoms with van der Waals surface area (Å²) in [4.78, 5) is 3.06. The predicted octanol–water partition coefficient (Wildman–Crippen LogP) is 14.5. The molecule has 1 heterocycles. The maximum atomic E-state index is 3.06. The van der Waals surface area contributed by atoms with Crippen molar-refractivity contribution in [1.29, 1.82) is 0 Å². The summed E-state index contributed by atoms with van der Waals surface area (Å²) >= 11 is 0. The number of rotatable bonds is 8. The number of nitrogens with zero attached hydrogens (tertiary/aromatic N) is 1. The molecule has 1 saturated heterocycles. The molecule has 14 aromatic carbocycles. The van der Waals surface area contributed by atoms with Crippen molar-refractivity contribution in [2.24, 2.45) is 5.92 Å². The molecule has 1 aliphatic heterocycles. The minimum absolute atomic E-state index is 0.0821. The number of benzene rings is 10. The maximum absolute atomic E-state index is 3.06. The number of anilines is 1. The molecular formula is C62H39N. The number of fused-ring (bicyclic) bond motifs is 3. The first-order valence-electron chi connectivity index (χ1n) is 24.0. The molecule has 0 saturated carbocycles. The van der Waals surface area contributed by atoms with E-state index in [0.717, 1.165) is 0 Å². The second-order valence-corrected chi connectivity index (χ2v) is 20.9. The molecule has 0 bridgehead atoms. The molecule has 5 atom stereocenters. The molecule has 19 rings (SSSR count). The fourth-order valence-corrected chi connectivity index (χ4v) is 17.7. The highest BCUT2D eigenvalue weighted by Crippen LogP contribution is 2.80. The van der Waals surface area contributed by atoms with E-state index < -0.39 is 0 Å². The van der Waals surface area contributed by atoms with Crippen molar-refractivity contribution in [3.05, 3.63) is 148 Å². The van der Waals surface area contributed by atoms with Crippen LogP contribution in [0.1, 0.15) is 68.7 Å². The molecule has 1 nitrogen and oxygen atoms in total. The molecule has 292 valence electrons. The third kappa shape index (κ3) is 2.61. The molecule has 0 amide bonds. The van der Waals surface area contributed by atoms with Gasteiger partial charge in [-0.2, -0.15) is 0 Å². The van der Waals surface area contributed by atoms with Gasteiger partial charge in [-0.3, -0.25) is 0 Å². The van der Waals surface area contributed by atoms with Crippen molar-refractivity contribution < 1.29 is 0 Å². The Kier molecular flexibility index (Phi) is 4.61. The third-order valence-corrected chi connectivity index (χ3v) is 19.2. The van der Waals surface area contributed by atoms with Crippen LogP contribution >= 0.6 is 0 Å². The first-order chi connectivity index (χ1) is 31.2. The molecule has 2 spiro atoms. The summed E-state index contributed by atoms with van der Waals surface area (Å²) in [5, 5.41) is 36.9. The van der Waals surface area contributed by atoms with Crippen LogP contribution < -0.4 is 15.3 Å². The summed E-state index contributed by atoms with van der Waals surface area (Å²) in [7, 11) is 0. The summed E-state index contributed by atoms with van der Waals surface area (Å²) < 4.78 is 0. The van der Waals surface area contributed by atoms with E-state index in [-0.39, 0.29) is 22.9 Å². The zero-order valence-electron chi connectivity index (χ0n) is 35.3. The van der Waals surface area contributed by atoms with Gasteiger partial charge in [-0.05, 0) is 181 Å². The van der Waals surface area contributed by atoms with E-state index in [4.69, 9.17) is 0 Å². The van der Waals surface area contributed by atoms with Crippen LogP contribution in [0, 0.1) is 5.92 Å². The van der Waals surface area contributed by atoms with E-state index in [0.29, 0.717) is 5.92 Å². The number of allylic oxidation sites excluding steroid dienone is 2. The van der Waals surface area contributed by atoms with Crippen molar-refractivity contribution in [3.8, 4) is 0 Å². The quantitative estimate of drug-likeness (QED) is 0.138. The molecule has 0 aromatic heterocycles. The maximum Gasteiger partial charge on any atom is 0.0696 e. The number of hydrogen-bond acceptors (Lipinski definition) is 1. The Labute approximate surface area is 361 Å². The fraction of sp³-hybridized carbons (Fsp3) is 0.194. The molecule has 5 aliphatic rings. The van der Waals surface area contributed by atoms with Gasteiger partial charge in [-0.15, -0.1) is 0 Å². The lowest BCUT2D eigenvalue weighted by molar-refractivity contribution is 0.313. The standard InChI is InChI=1S/C62H39N/c1-3-5-12-28(4-2)27-41-61-39-25-26-40-38-24-22-36-34-20-18-32-31-17-19-33-35-21-23-37(39)48-46(35)51-44(33)42(31)50-43(32)45(34)52-47(36)49(38)59(57-55(52)53(50)54(51)56(57)58(48)61)62(40,61)60(29-13-8-6-9-14-29)63(41)30-15-10-7-11-16-30/h6-11,13-26,28,41,60H,3-5,12,27H2,1-2H3. The van der Waals surface area contributed by atoms with E-state index in [9.17, 15) is 0 Å². The van der Waals surface area contributed by atoms with Gasteiger partial charge in [0.25, 0.3) is 0 Å². The summed E-state index contributed by atoms with van der Waals surface area (Å²) in [5.74, 6) is 0.622. The lowest BCUT2D eigenvalue weighted by Gasteiger charge is -2.54. The zero-order valence-corrected chi connectivity index (χ0v) is 35.3. The van der Waals surface area contributed by atoms with E-state index >= 15 is 0 Å². The van der Waals surface area contributed by atoms with E-state index in [1.54, 1.807) is 86.9 Å². The van der Waals surface area contributed by atoms with Crippen LogP contribution in [-0.2, 0) is 10.8 Å². The van der Waals surface area contributed by atoms with Gasteiger partial charge in [0.2, 0.25) is 0 Å². The SMILES string of the molecule is CCCCC(CC)CC1N(c2ccccc2)C(c2ccccc2)C23C4=c5ccc6c7ccc8c9ccc%10c%11ccc%12c%13c(c%14c%15c2c5c6c2c7c8c5c9c%10c(c%13%11)c%14c5c%152)C13C=%12C=C4. The van der Waals surface area contributed by atoms with Gasteiger partial charge in [-0.1, -0.05) is 149 Å². The fourth-order valence-electron chi connectivity index (χ4n) is 17.7. The van der Waals surface area contributed by atoms with Crippen molar-refractivity contribution >= 4 is 135 Å². The monoisotopic (exact) mass is 797 g/mol. The van der Waals surface area contributed by atoms with Gasteiger partial charge in [0.05, 0.1) is 16.9 Å². The number of para-hydroxylation sites is 1. The molecule has 4 aliphatic carbocycles. The highest BCUT2D eigenvalue weighted by molar-refractivity contribution is 6.64. The lowest BCUT2D eigenvalue weighted by Crippen LogP contribution is -2.55. The Hall–Kier alpha value is -6.70. The lowest BCUT2D eigenvalue weighted by atomic mass is 9.45. The highest BCUT2D eigenvalue weighted by Gasteiger charge is 2.77. The minimum atomic E-state index is -0.358. The highest BCUT2D eigenvalue weighted by atomic mass is 15.3. The van der Waals surface area contributed by atoms with Crippen molar-refractivity contribution in [2.45, 2.75) is 68.9 Å². The Bertz CT molecular complexity index is 4540. The Morgan fingerprint density at radius 3 is 1.43 bits per heavy atom. The average molecular weight is 798 g/mol. The first-order valence-corrected chi connectivity index (χ1v) is 24.0. The van der Waals surface area contributed by atoms with Crippen molar-refractivity contribution in [1.82, 2.24) is 0 Å². The summed E-state index contributed by atoms with van der Waals surface area (Å²) in [6.45, 7) is 4.87. The largest absolute Gasteiger partial charge is 0.359 e. The van der Waals surface area contributed by atoms with Crippen LogP contribution in [0.15, 0.2) is 121 Å². The average Bonchev–Trinajstić information content (AvgIpc) is 4.18. The van der Waals surface area contributed by atoms with Crippen molar-refractivity contribution in [3.63, 3.8) is 0 Å². The van der Waals surface area contributed by atoms with E-state index in [2.05, 4.69) is 140 Å². The minimum Gasteiger partial charge on any atom is -0.359 e. The van der Waals surface area contributed by atoms with Gasteiger partial charge >= 0.3 is 0 Å². The van der Waals surface area contributed by atoms with E-state index in [1.165, 1.54) is 108 Å². The normalized spacial score (nSPS) is 23.9. The zero-order chi connectivity index (χ0) is 40.3. The summed E-state index contributed by atoms with van der Waals surface area (Å²) in [6, 6.07) is 44.4. The van der Waals surface area contributed by atoms with E-state index in [1.807, 2.05) is 0 Å². The topological polar surface area (TPSA) is 3.24 Å². The van der Waals surface area contributed by atoms with Crippen LogP contribution in [0.5, 0.6) is 0 Å². The van der Waals surface area contributed by atoms with Crippen LogP contribution in [0.3, 0.4) is 0 Å². The molecule has 1 heteroatoms. The predicted molar refractivity (Wildman–Crippen MR) is 267 cm³/mol. The molecule has 1 fully saturated rings. The van der Waals surface area contributed by atoms with Gasteiger partial charge in [-0.25, -0.2) is 0 Å². The van der Waals surface area contributed by atoms with Crippen LogP contribution in [-0.4, -0.2) is 6.04 Å². The summed E-state index contributed by atoms with van der Waals surface area (Å²) in [5.41, 5.74) is 8.68. The smallest absolute Gasteiger partial charge is 0.0696 e. The van der Waals surface area contributed by atoms with Crippen molar-refractivity contribution in [2.75, 3.05) is 4.90 Å². The third-order valence-electron chi connectivity index (χ3n) is 19.2. The van der Waals surface area contributed by atoms with Crippen LogP contribution in [0.2, 0.25) is 0 Å². The molecule has 14 aromatic rings. The molecular weight excluding hydrogens is 759 g/mol. The summed E-state index contributed by atoms with van der Waals surface area (Å²) in [6.07, 6.45) is 11.5. The first kappa shape index (κ1) is 31.2. The van der Waals surface area contributed by atoms with Gasteiger partial charge in [0.1, 0.15) is 0 Å². The molecule has 63 heavy (non-hydrogen) atoms. The van der Waals surface area contributed by atoms with Gasteiger partial charge in [0, 0.05) is 11.7 Å². The molecule has 0 radical (unpaired) electrons. The molecule has 0 N–H and O–H groups in total. The number of hydrogen-bond donors (Lipinski definition) is 0. The van der Waals surface area contributed by atoms with Gasteiger partial charge in [0.15, 0.2) is 0 Å². The Morgan fingerprint density at radius 1 is 0.460 bits per heavy atom. The van der Waals surface area contributed by atoms with Crippen LogP contribution in [0.25, 0.3) is 130 Å². The second-order valence-electron chi connectivity index (χ2n) is 20.9.